The molecule has 1 fully saturated rings. The van der Waals surface area contributed by atoms with Gasteiger partial charge < -0.3 is 49.3 Å². The van der Waals surface area contributed by atoms with Gasteiger partial charge in [0.1, 0.15) is 8.24 Å². The maximum Gasteiger partial charge on any atom is 4.00 e. The maximum atomic E-state index is 4.52. The Morgan fingerprint density at radius 2 is 0.953 bits per heavy atom. The van der Waals surface area contributed by atoms with Crippen LogP contribution in [0.3, 0.4) is 0 Å². The van der Waals surface area contributed by atoms with Crippen molar-refractivity contribution in [1.29, 1.82) is 0 Å². The fourth-order valence-corrected chi connectivity index (χ4v) is 5.18. The molecule has 0 aliphatic heterocycles. The van der Waals surface area contributed by atoms with E-state index in [0.29, 0.717) is 0 Å². The first-order valence-electron chi connectivity index (χ1n) is 13.8. The van der Waals surface area contributed by atoms with Gasteiger partial charge in [-0.2, -0.15) is 91.6 Å². The van der Waals surface area contributed by atoms with Gasteiger partial charge in [-0.15, -0.1) is 0 Å². The Hall–Kier alpha value is 0.974. The van der Waals surface area contributed by atoms with E-state index in [4.69, 9.17) is 0 Å². The van der Waals surface area contributed by atoms with E-state index in [-0.39, 0.29) is 60.5 Å². The molecule has 256 valence electrons. The summed E-state index contributed by atoms with van der Waals surface area (Å²) in [7, 11) is 22.7. The molecular formula is C31H76Hf2N8Si2. The quantitative estimate of drug-likeness (QED) is 0.166. The first-order valence-corrected chi connectivity index (χ1v) is 20.2. The van der Waals surface area contributed by atoms with Crippen LogP contribution in [0, 0.1) is 37.0 Å². The SMILES string of the molecule is CC#CC#CC[Si](C)(C)NC.C[N-]C.C[N-]C.C[N-]C.C[N-]C.C[N-]C.C[N-]C.C[N-][Si](C)(C)CC1CCCC1.[CH3-].[HH].[Hf+4].[Hf+4]. The molecule has 8 nitrogen and oxygen atoms in total. The molecule has 0 atom stereocenters. The first kappa shape index (κ1) is 70.4. The molecule has 0 heterocycles. The summed E-state index contributed by atoms with van der Waals surface area (Å²) in [4.78, 5) is 7.83. The molecule has 0 aromatic heterocycles. The Bertz CT molecular complexity index is 523. The molecule has 0 saturated heterocycles. The minimum absolute atomic E-state index is 0. The molecule has 0 aromatic rings. The van der Waals surface area contributed by atoms with Gasteiger partial charge in [0, 0.05) is 7.47 Å². The molecule has 1 aliphatic rings. The molecule has 1 rings (SSSR count). The molecule has 0 radical (unpaired) electrons. The summed E-state index contributed by atoms with van der Waals surface area (Å²) in [5, 5.41) is 21.0. The molecule has 1 aliphatic carbocycles. The molecular weight excluding hydrogens is 898 g/mol. The zero-order valence-corrected chi connectivity index (χ0v) is 41.6. The van der Waals surface area contributed by atoms with Crippen LogP contribution in [0.25, 0.3) is 36.9 Å². The Labute approximate surface area is 315 Å². The molecule has 1 saturated carbocycles. The van der Waals surface area contributed by atoms with E-state index < -0.39 is 16.5 Å². The second kappa shape index (κ2) is 65.6. The van der Waals surface area contributed by atoms with E-state index in [1.165, 1.54) is 31.7 Å². The predicted octanol–water partition coefficient (Wildman–Crippen LogP) is 9.23. The smallest absolute Gasteiger partial charge is 0.668 e. The van der Waals surface area contributed by atoms with Crippen molar-refractivity contribution in [3.8, 4) is 23.7 Å². The topological polar surface area (TPSA) is 111 Å². The van der Waals surface area contributed by atoms with Crippen LogP contribution in [0.5, 0.6) is 0 Å². The van der Waals surface area contributed by atoms with E-state index in [0.717, 1.165) is 12.0 Å². The summed E-state index contributed by atoms with van der Waals surface area (Å²) in [6.07, 6.45) is 5.90. The Kier molecular flexibility index (Phi) is 107. The number of rotatable bonds is 5. The van der Waals surface area contributed by atoms with Crippen LogP contribution >= 0.6 is 0 Å². The fraction of sp³-hybridized carbons (Fsp3) is 0.839. The van der Waals surface area contributed by atoms with Crippen LogP contribution < -0.4 is 4.98 Å². The summed E-state index contributed by atoms with van der Waals surface area (Å²) in [5.41, 5.74) is 0. The Balaban J connectivity index is -0.0000000341. The van der Waals surface area contributed by atoms with E-state index in [9.17, 15) is 0 Å². The van der Waals surface area contributed by atoms with E-state index in [1.54, 1.807) is 91.5 Å². The summed E-state index contributed by atoms with van der Waals surface area (Å²) in [5.74, 6) is 12.4. The predicted molar refractivity (Wildman–Crippen MR) is 206 cm³/mol. The summed E-state index contributed by atoms with van der Waals surface area (Å²) in [6, 6.07) is 2.40. The molecule has 12 heteroatoms. The van der Waals surface area contributed by atoms with Crippen molar-refractivity contribution in [2.75, 3.05) is 98.7 Å². The van der Waals surface area contributed by atoms with Gasteiger partial charge in [0.05, 0.1) is 0 Å². The number of hydrogen-bond donors (Lipinski definition) is 1. The zero-order chi connectivity index (χ0) is 33.3. The second-order valence-electron chi connectivity index (χ2n) is 10.1. The molecule has 0 bridgehead atoms. The third-order valence-electron chi connectivity index (χ3n) is 4.35. The minimum atomic E-state index is -1.22. The third-order valence-corrected chi connectivity index (χ3v) is 9.55. The summed E-state index contributed by atoms with van der Waals surface area (Å²) >= 11 is 0. The van der Waals surface area contributed by atoms with Crippen molar-refractivity contribution in [2.45, 2.75) is 70.9 Å². The Morgan fingerprint density at radius 3 is 1.19 bits per heavy atom. The molecule has 0 aromatic carbocycles. The molecule has 0 spiro atoms. The number of hydrogen-bond acceptors (Lipinski definition) is 1. The van der Waals surface area contributed by atoms with E-state index in [2.05, 4.69) is 91.7 Å². The van der Waals surface area contributed by atoms with Gasteiger partial charge in [-0.25, -0.2) is 0 Å². The molecule has 0 unspecified atom stereocenters. The van der Waals surface area contributed by atoms with E-state index in [1.807, 2.05) is 14.1 Å². The van der Waals surface area contributed by atoms with E-state index >= 15 is 0 Å². The largest absolute Gasteiger partial charge is 4.00 e. The van der Waals surface area contributed by atoms with Gasteiger partial charge >= 0.3 is 51.7 Å². The van der Waals surface area contributed by atoms with Gasteiger partial charge in [-0.3, -0.25) is 0 Å². The average Bonchev–Trinajstić information content (AvgIpc) is 3.38. The van der Waals surface area contributed by atoms with Crippen LogP contribution in [-0.4, -0.2) is 115 Å². The molecule has 43 heavy (non-hydrogen) atoms. The van der Waals surface area contributed by atoms with Gasteiger partial charge in [-0.05, 0) is 31.7 Å². The maximum absolute atomic E-state index is 4.52. The van der Waals surface area contributed by atoms with Crippen molar-refractivity contribution in [1.82, 2.24) is 4.98 Å². The van der Waals surface area contributed by atoms with Crippen molar-refractivity contribution in [3.63, 3.8) is 0 Å². The molecule has 0 amide bonds. The van der Waals surface area contributed by atoms with Crippen molar-refractivity contribution >= 4 is 16.5 Å². The number of nitrogens with one attached hydrogen (secondary N) is 1. The van der Waals surface area contributed by atoms with Gasteiger partial charge in [0.25, 0.3) is 0 Å². The van der Waals surface area contributed by atoms with Gasteiger partial charge in [-0.1, -0.05) is 78.0 Å². The normalized spacial score (nSPS) is 10.2. The zero-order valence-electron chi connectivity index (χ0n) is 32.5. The van der Waals surface area contributed by atoms with Crippen LogP contribution in [0.4, 0.5) is 0 Å². The summed E-state index contributed by atoms with van der Waals surface area (Å²) in [6.45, 7) is 11.1. The average molecular weight is 974 g/mol. The standard InChI is InChI=1S/C9H20NSi.C9H15NSi.6C2H6N.CH3.2Hf.H2/c1-10-11(2,3)8-9-6-4-5-7-9;1-5-6-7-8-9-11(3,4)10-2;6*1-3-2;;;;/h9H,4-8H2,1-3H3;10H,9H2,1-4H3;6*1-2H3;1H3;;;1H/q-1;;7*-1;2*+4;. The van der Waals surface area contributed by atoms with Crippen LogP contribution in [0.2, 0.25) is 38.3 Å². The fourth-order valence-electron chi connectivity index (χ4n) is 2.47. The molecule has 1 N–H and O–H groups in total. The van der Waals surface area contributed by atoms with Gasteiger partial charge in [0.2, 0.25) is 0 Å². The van der Waals surface area contributed by atoms with Crippen LogP contribution in [0.1, 0.15) is 34.0 Å². The minimum Gasteiger partial charge on any atom is -0.668 e. The summed E-state index contributed by atoms with van der Waals surface area (Å²) < 4.78 is 0. The van der Waals surface area contributed by atoms with Crippen molar-refractivity contribution in [3.05, 3.63) is 44.3 Å². The number of nitrogens with zero attached hydrogens (tertiary/aromatic N) is 7. The monoisotopic (exact) mass is 976 g/mol. The van der Waals surface area contributed by atoms with Crippen LogP contribution in [-0.2, 0) is 51.7 Å². The van der Waals surface area contributed by atoms with Crippen molar-refractivity contribution in [2.24, 2.45) is 5.92 Å². The first-order chi connectivity index (χ1) is 18.7. The Morgan fingerprint density at radius 1 is 0.651 bits per heavy atom. The third kappa shape index (κ3) is 107. The van der Waals surface area contributed by atoms with Crippen molar-refractivity contribution < 1.29 is 53.1 Å². The van der Waals surface area contributed by atoms with Crippen LogP contribution in [0.15, 0.2) is 0 Å². The second-order valence-corrected chi connectivity index (χ2v) is 19.2. The van der Waals surface area contributed by atoms with Gasteiger partial charge in [0.15, 0.2) is 0 Å².